The highest BCUT2D eigenvalue weighted by molar-refractivity contribution is 7.82. The van der Waals surface area contributed by atoms with Crippen molar-refractivity contribution >= 4 is 40.7 Å². The van der Waals surface area contributed by atoms with Gasteiger partial charge in [-0.25, -0.2) is 0 Å². The minimum atomic E-state index is 0.380. The monoisotopic (exact) mass is 345 g/mol. The highest BCUT2D eigenvalue weighted by Crippen LogP contribution is 2.27. The first-order chi connectivity index (χ1) is 11.1. The molecule has 4 nitrogen and oxygen atoms in total. The summed E-state index contributed by atoms with van der Waals surface area (Å²) in [5.41, 5.74) is 0.969. The average molecular weight is 345 g/mol. The van der Waals surface area contributed by atoms with Crippen molar-refractivity contribution in [3.8, 4) is 17.1 Å². The predicted molar refractivity (Wildman–Crippen MR) is 97.3 cm³/mol. The highest BCUT2D eigenvalue weighted by atomic mass is 32.1. The van der Waals surface area contributed by atoms with Gasteiger partial charge in [0, 0.05) is 18.2 Å². The van der Waals surface area contributed by atoms with Crippen LogP contribution in [-0.4, -0.2) is 28.7 Å². The van der Waals surface area contributed by atoms with Crippen LogP contribution >= 0.6 is 24.4 Å². The Hall–Kier alpha value is -2.18. The molecule has 0 amide bonds. The number of nitrogens with zero attached hydrogens (tertiary/aromatic N) is 1. The summed E-state index contributed by atoms with van der Waals surface area (Å²) in [5, 5.41) is 0.380. The second kappa shape index (κ2) is 6.52. The van der Waals surface area contributed by atoms with Crippen molar-refractivity contribution in [1.82, 2.24) is 4.90 Å². The Morgan fingerprint density at radius 3 is 2.48 bits per heavy atom. The number of hydrogen-bond donors (Lipinski definition) is 0. The summed E-state index contributed by atoms with van der Waals surface area (Å²) >= 11 is 10.5. The quantitative estimate of drug-likeness (QED) is 0.608. The molecule has 0 spiro atoms. The van der Waals surface area contributed by atoms with Gasteiger partial charge in [0.2, 0.25) is 0 Å². The van der Waals surface area contributed by atoms with Crippen LogP contribution in [0.15, 0.2) is 46.6 Å². The van der Waals surface area contributed by atoms with Gasteiger partial charge < -0.3 is 13.9 Å². The van der Waals surface area contributed by atoms with E-state index in [1.165, 1.54) is 0 Å². The summed E-state index contributed by atoms with van der Waals surface area (Å²) in [5.74, 6) is 2.77. The van der Waals surface area contributed by atoms with Crippen molar-refractivity contribution < 1.29 is 13.9 Å². The number of rotatable bonds is 4. The van der Waals surface area contributed by atoms with E-state index in [9.17, 15) is 0 Å². The Labute approximate surface area is 145 Å². The molecule has 0 saturated carbocycles. The van der Waals surface area contributed by atoms with Gasteiger partial charge in [0.1, 0.15) is 17.3 Å². The number of benzene rings is 1. The van der Waals surface area contributed by atoms with Crippen molar-refractivity contribution in [3.05, 3.63) is 47.9 Å². The lowest BCUT2D eigenvalue weighted by atomic mass is 10.2. The number of ether oxygens (including phenoxy) is 2. The fraction of sp³-hybridized carbons (Fsp3) is 0.176. The average Bonchev–Trinajstić information content (AvgIpc) is 3.13. The molecule has 6 heteroatoms. The molecule has 1 aliphatic rings. The Kier molecular flexibility index (Phi) is 4.45. The third-order valence-corrected chi connectivity index (χ3v) is 4.19. The summed E-state index contributed by atoms with van der Waals surface area (Å²) in [6.45, 7) is 2.66. The van der Waals surface area contributed by atoms with E-state index in [0.29, 0.717) is 28.2 Å². The number of likely N-dealkylation sites (N-methyl/N-ethyl adjacent to an activating group) is 1. The Morgan fingerprint density at radius 1 is 1.13 bits per heavy atom. The van der Waals surface area contributed by atoms with Crippen molar-refractivity contribution in [2.45, 2.75) is 6.92 Å². The van der Waals surface area contributed by atoms with Crippen molar-refractivity contribution in [1.29, 1.82) is 0 Å². The molecule has 2 aromatic rings. The maximum absolute atomic E-state index is 5.84. The van der Waals surface area contributed by atoms with Crippen LogP contribution in [0.5, 0.6) is 5.75 Å². The molecule has 1 aromatic heterocycles. The van der Waals surface area contributed by atoms with Crippen LogP contribution in [0, 0.1) is 0 Å². The van der Waals surface area contributed by atoms with Crippen LogP contribution < -0.4 is 4.74 Å². The number of thiocarbonyl (C=S) groups is 2. The predicted octanol–water partition coefficient (Wildman–Crippen LogP) is 4.26. The topological polar surface area (TPSA) is 34.8 Å². The first-order valence-corrected chi connectivity index (χ1v) is 7.93. The van der Waals surface area contributed by atoms with Crippen LogP contribution in [0.4, 0.5) is 0 Å². The molecule has 3 rings (SSSR count). The van der Waals surface area contributed by atoms with Crippen molar-refractivity contribution in [3.63, 3.8) is 0 Å². The molecule has 118 valence electrons. The van der Waals surface area contributed by atoms with Gasteiger partial charge in [-0.3, -0.25) is 4.90 Å². The maximum atomic E-state index is 5.84. The molecule has 0 unspecified atom stereocenters. The van der Waals surface area contributed by atoms with E-state index in [1.54, 1.807) is 18.1 Å². The van der Waals surface area contributed by atoms with Crippen LogP contribution in [0.25, 0.3) is 17.4 Å². The lowest BCUT2D eigenvalue weighted by Gasteiger charge is -2.09. The molecule has 0 bridgehead atoms. The zero-order valence-electron chi connectivity index (χ0n) is 12.7. The molecule has 1 saturated heterocycles. The molecule has 1 fully saturated rings. The lowest BCUT2D eigenvalue weighted by Crippen LogP contribution is -2.26. The van der Waals surface area contributed by atoms with Crippen LogP contribution in [0.2, 0.25) is 0 Å². The lowest BCUT2D eigenvalue weighted by molar-refractivity contribution is 0.415. The summed E-state index contributed by atoms with van der Waals surface area (Å²) in [6, 6.07) is 11.4. The minimum Gasteiger partial charge on any atom is -0.497 e. The van der Waals surface area contributed by atoms with E-state index in [4.69, 9.17) is 38.3 Å². The Balaban J connectivity index is 1.83. The minimum absolute atomic E-state index is 0.380. The van der Waals surface area contributed by atoms with E-state index in [1.807, 2.05) is 43.3 Å². The van der Waals surface area contributed by atoms with E-state index in [2.05, 4.69) is 0 Å². The Morgan fingerprint density at radius 2 is 1.87 bits per heavy atom. The second-order valence-corrected chi connectivity index (χ2v) is 5.59. The summed E-state index contributed by atoms with van der Waals surface area (Å²) in [4.78, 5) is 2.35. The molecular formula is C17H15NO3S2. The summed E-state index contributed by atoms with van der Waals surface area (Å²) in [6.07, 6.45) is 1.76. The summed E-state index contributed by atoms with van der Waals surface area (Å²) < 4.78 is 16.5. The number of methoxy groups -OCH3 is 1. The molecular weight excluding hydrogens is 330 g/mol. The number of hydrogen-bond acceptors (Lipinski definition) is 5. The van der Waals surface area contributed by atoms with Crippen LogP contribution in [-0.2, 0) is 4.74 Å². The van der Waals surface area contributed by atoms with Gasteiger partial charge in [0.05, 0.1) is 7.11 Å². The first-order valence-electron chi connectivity index (χ1n) is 7.12. The van der Waals surface area contributed by atoms with E-state index in [-0.39, 0.29) is 0 Å². The van der Waals surface area contributed by atoms with Gasteiger partial charge >= 0.3 is 0 Å². The van der Waals surface area contributed by atoms with Crippen LogP contribution in [0.3, 0.4) is 0 Å². The molecule has 0 radical (unpaired) electrons. The van der Waals surface area contributed by atoms with Crippen LogP contribution in [0.1, 0.15) is 12.7 Å². The summed E-state index contributed by atoms with van der Waals surface area (Å²) in [7, 11) is 1.64. The molecule has 2 heterocycles. The van der Waals surface area contributed by atoms with E-state index >= 15 is 0 Å². The third-order valence-electron chi connectivity index (χ3n) is 3.46. The fourth-order valence-corrected chi connectivity index (χ4v) is 2.92. The largest absolute Gasteiger partial charge is 0.497 e. The molecule has 0 atom stereocenters. The molecule has 0 aliphatic carbocycles. The molecule has 1 aromatic carbocycles. The van der Waals surface area contributed by atoms with Gasteiger partial charge in [0.25, 0.3) is 5.17 Å². The van der Waals surface area contributed by atoms with Crippen molar-refractivity contribution in [2.24, 2.45) is 0 Å². The van der Waals surface area contributed by atoms with E-state index < -0.39 is 0 Å². The zero-order chi connectivity index (χ0) is 16.4. The van der Waals surface area contributed by atoms with Gasteiger partial charge in [-0.15, -0.1) is 0 Å². The molecule has 23 heavy (non-hydrogen) atoms. The standard InChI is InChI=1S/C17H15NO3S2/c1-3-18-16(22)15(21-17(18)23)10-13-8-9-14(20-13)11-4-6-12(19-2)7-5-11/h4-10H,3H2,1-2H3. The van der Waals surface area contributed by atoms with Gasteiger partial charge in [-0.1, -0.05) is 12.2 Å². The SMILES string of the molecule is CCN1C(=S)OC(=Cc2ccc(-c3ccc(OC)cc3)o2)C1=S. The zero-order valence-corrected chi connectivity index (χ0v) is 14.4. The second-order valence-electron chi connectivity index (χ2n) is 4.86. The third kappa shape index (κ3) is 3.13. The normalized spacial score (nSPS) is 16.1. The smallest absolute Gasteiger partial charge is 0.270 e. The van der Waals surface area contributed by atoms with Gasteiger partial charge in [-0.05, 0) is 55.5 Å². The van der Waals surface area contributed by atoms with Gasteiger partial charge in [-0.2, -0.15) is 0 Å². The fourth-order valence-electron chi connectivity index (χ4n) is 2.24. The van der Waals surface area contributed by atoms with E-state index in [0.717, 1.165) is 17.1 Å². The molecule has 0 N–H and O–H groups in total. The first kappa shape index (κ1) is 15.7. The van der Waals surface area contributed by atoms with Crippen molar-refractivity contribution in [2.75, 3.05) is 13.7 Å². The Bertz CT molecular complexity index is 777. The molecule has 1 aliphatic heterocycles. The number of furan rings is 1. The highest BCUT2D eigenvalue weighted by Gasteiger charge is 2.28. The van der Waals surface area contributed by atoms with Gasteiger partial charge in [0.15, 0.2) is 10.7 Å². The maximum Gasteiger partial charge on any atom is 0.270 e.